The van der Waals surface area contributed by atoms with E-state index in [-0.39, 0.29) is 23.8 Å². The van der Waals surface area contributed by atoms with Crippen LogP contribution < -0.4 is 16.0 Å². The van der Waals surface area contributed by atoms with E-state index in [1.54, 1.807) is 17.0 Å². The van der Waals surface area contributed by atoms with E-state index in [2.05, 4.69) is 16.0 Å². The Labute approximate surface area is 165 Å². The lowest BCUT2D eigenvalue weighted by atomic mass is 10.0. The Balaban J connectivity index is 1.71. The van der Waals surface area contributed by atoms with Gasteiger partial charge in [0.25, 0.3) is 0 Å². The van der Waals surface area contributed by atoms with Crippen LogP contribution >= 0.6 is 0 Å². The Morgan fingerprint density at radius 1 is 1.25 bits per heavy atom. The van der Waals surface area contributed by atoms with Crippen LogP contribution in [0.25, 0.3) is 0 Å². The zero-order chi connectivity index (χ0) is 19.9. The standard InChI is InChI=1S/C20H28N4O4/c1-14(25)22-18(15-6-3-2-4-7-15)20(27)24-10-5-8-17(24)19(26)23-16-12-21-9-11-28-13-16/h2-4,6-7,16-18,21H,5,8-13H2,1H3,(H,22,25)(H,23,26). The van der Waals surface area contributed by atoms with Crippen LogP contribution in [-0.4, -0.2) is 67.6 Å². The van der Waals surface area contributed by atoms with Gasteiger partial charge in [-0.3, -0.25) is 14.4 Å². The van der Waals surface area contributed by atoms with E-state index in [9.17, 15) is 14.4 Å². The van der Waals surface area contributed by atoms with E-state index in [0.717, 1.165) is 13.0 Å². The normalized spacial score (nSPS) is 23.5. The average molecular weight is 388 g/mol. The van der Waals surface area contributed by atoms with E-state index in [1.165, 1.54) is 6.92 Å². The van der Waals surface area contributed by atoms with Gasteiger partial charge in [-0.1, -0.05) is 30.3 Å². The van der Waals surface area contributed by atoms with Gasteiger partial charge in [0.1, 0.15) is 12.1 Å². The van der Waals surface area contributed by atoms with Crippen LogP contribution in [0.15, 0.2) is 30.3 Å². The van der Waals surface area contributed by atoms with Gasteiger partial charge < -0.3 is 25.6 Å². The Morgan fingerprint density at radius 3 is 2.79 bits per heavy atom. The molecule has 3 N–H and O–H groups in total. The van der Waals surface area contributed by atoms with Crippen molar-refractivity contribution in [3.05, 3.63) is 35.9 Å². The molecule has 3 atom stereocenters. The number of likely N-dealkylation sites (tertiary alicyclic amines) is 1. The first kappa shape index (κ1) is 20.3. The van der Waals surface area contributed by atoms with Crippen LogP contribution in [0.3, 0.4) is 0 Å². The lowest BCUT2D eigenvalue weighted by Crippen LogP contribution is -2.53. The molecule has 8 heteroatoms. The van der Waals surface area contributed by atoms with Gasteiger partial charge in [0.15, 0.2) is 0 Å². The first-order valence-corrected chi connectivity index (χ1v) is 9.77. The Kier molecular flexibility index (Phi) is 7.00. The Hall–Kier alpha value is -2.45. The first-order chi connectivity index (χ1) is 13.6. The fourth-order valence-corrected chi connectivity index (χ4v) is 3.70. The third kappa shape index (κ3) is 5.08. The second-order valence-electron chi connectivity index (χ2n) is 7.22. The molecule has 2 aliphatic rings. The molecular formula is C20H28N4O4. The molecule has 28 heavy (non-hydrogen) atoms. The van der Waals surface area contributed by atoms with Gasteiger partial charge >= 0.3 is 0 Å². The fraction of sp³-hybridized carbons (Fsp3) is 0.550. The molecule has 0 aromatic heterocycles. The number of hydrogen-bond donors (Lipinski definition) is 3. The smallest absolute Gasteiger partial charge is 0.250 e. The van der Waals surface area contributed by atoms with Crippen LogP contribution in [0, 0.1) is 0 Å². The van der Waals surface area contributed by atoms with Crippen molar-refractivity contribution in [1.82, 2.24) is 20.9 Å². The Morgan fingerprint density at radius 2 is 2.04 bits per heavy atom. The molecule has 0 saturated carbocycles. The molecule has 3 unspecified atom stereocenters. The van der Waals surface area contributed by atoms with Gasteiger partial charge in [0.05, 0.1) is 19.3 Å². The highest BCUT2D eigenvalue weighted by Crippen LogP contribution is 2.24. The molecule has 0 bridgehead atoms. The van der Waals surface area contributed by atoms with E-state index in [1.807, 2.05) is 18.2 Å². The van der Waals surface area contributed by atoms with Gasteiger partial charge in [-0.05, 0) is 18.4 Å². The van der Waals surface area contributed by atoms with Crippen LogP contribution in [0.1, 0.15) is 31.4 Å². The second-order valence-corrected chi connectivity index (χ2v) is 7.22. The summed E-state index contributed by atoms with van der Waals surface area (Å²) in [5.41, 5.74) is 0.704. The van der Waals surface area contributed by atoms with Crippen molar-refractivity contribution in [2.45, 2.75) is 37.9 Å². The molecule has 152 valence electrons. The fourth-order valence-electron chi connectivity index (χ4n) is 3.70. The molecule has 2 aliphatic heterocycles. The number of nitrogens with one attached hydrogen (secondary N) is 3. The number of hydrogen-bond acceptors (Lipinski definition) is 5. The summed E-state index contributed by atoms with van der Waals surface area (Å²) < 4.78 is 5.48. The number of benzene rings is 1. The van der Waals surface area contributed by atoms with Crippen LogP contribution in [0.2, 0.25) is 0 Å². The molecule has 0 aliphatic carbocycles. The van der Waals surface area contributed by atoms with Crippen molar-refractivity contribution in [1.29, 1.82) is 0 Å². The van der Waals surface area contributed by atoms with Crippen LogP contribution in [0.5, 0.6) is 0 Å². The summed E-state index contributed by atoms with van der Waals surface area (Å²) in [7, 11) is 0. The molecule has 1 aromatic carbocycles. The number of amides is 3. The lowest BCUT2D eigenvalue weighted by Gasteiger charge is -2.29. The largest absolute Gasteiger partial charge is 0.378 e. The van der Waals surface area contributed by atoms with Crippen molar-refractivity contribution >= 4 is 17.7 Å². The topological polar surface area (TPSA) is 99.8 Å². The third-order valence-corrected chi connectivity index (χ3v) is 5.05. The van der Waals surface area contributed by atoms with Gasteiger partial charge in [0, 0.05) is 26.6 Å². The van der Waals surface area contributed by atoms with E-state index < -0.39 is 12.1 Å². The number of carbonyl (C=O) groups is 3. The minimum absolute atomic E-state index is 0.118. The van der Waals surface area contributed by atoms with Crippen molar-refractivity contribution in [2.24, 2.45) is 0 Å². The number of nitrogens with zero attached hydrogens (tertiary/aromatic N) is 1. The van der Waals surface area contributed by atoms with E-state index in [0.29, 0.717) is 38.3 Å². The highest BCUT2D eigenvalue weighted by molar-refractivity contribution is 5.93. The van der Waals surface area contributed by atoms with Gasteiger partial charge in [0.2, 0.25) is 17.7 Å². The molecule has 1 aromatic rings. The minimum Gasteiger partial charge on any atom is -0.378 e. The SMILES string of the molecule is CC(=O)NC(C(=O)N1CCCC1C(=O)NC1CNCCOC1)c1ccccc1. The summed E-state index contributed by atoms with van der Waals surface area (Å²) in [5.74, 6) is -0.712. The Bertz CT molecular complexity index is 689. The van der Waals surface area contributed by atoms with E-state index in [4.69, 9.17) is 4.74 Å². The van der Waals surface area contributed by atoms with Crippen molar-refractivity contribution in [2.75, 3.05) is 32.8 Å². The monoisotopic (exact) mass is 388 g/mol. The highest BCUT2D eigenvalue weighted by Gasteiger charge is 2.38. The predicted molar refractivity (Wildman–Crippen MR) is 103 cm³/mol. The first-order valence-electron chi connectivity index (χ1n) is 9.77. The minimum atomic E-state index is -0.796. The predicted octanol–water partition coefficient (Wildman–Crippen LogP) is -0.0406. The van der Waals surface area contributed by atoms with Crippen LogP contribution in [-0.2, 0) is 19.1 Å². The molecule has 2 saturated heterocycles. The maximum atomic E-state index is 13.2. The van der Waals surface area contributed by atoms with Crippen LogP contribution in [0.4, 0.5) is 0 Å². The van der Waals surface area contributed by atoms with Gasteiger partial charge in [-0.2, -0.15) is 0 Å². The maximum absolute atomic E-state index is 13.2. The number of rotatable bonds is 5. The molecule has 2 fully saturated rings. The van der Waals surface area contributed by atoms with Gasteiger partial charge in [-0.15, -0.1) is 0 Å². The average Bonchev–Trinajstić information content (AvgIpc) is 3.05. The molecule has 8 nitrogen and oxygen atoms in total. The third-order valence-electron chi connectivity index (χ3n) is 5.05. The molecule has 0 spiro atoms. The number of ether oxygens (including phenoxy) is 1. The molecule has 0 radical (unpaired) electrons. The van der Waals surface area contributed by atoms with E-state index >= 15 is 0 Å². The summed E-state index contributed by atoms with van der Waals surface area (Å²) in [6.45, 7) is 4.37. The summed E-state index contributed by atoms with van der Waals surface area (Å²) in [6, 6.07) is 7.66. The summed E-state index contributed by atoms with van der Waals surface area (Å²) in [6.07, 6.45) is 1.37. The zero-order valence-corrected chi connectivity index (χ0v) is 16.1. The molecule has 3 amide bonds. The summed E-state index contributed by atoms with van der Waals surface area (Å²) in [5, 5.41) is 8.95. The quantitative estimate of drug-likeness (QED) is 0.657. The molecule has 2 heterocycles. The van der Waals surface area contributed by atoms with Crippen molar-refractivity contribution < 1.29 is 19.1 Å². The van der Waals surface area contributed by atoms with Crippen molar-refractivity contribution in [3.8, 4) is 0 Å². The lowest BCUT2D eigenvalue weighted by molar-refractivity contribution is -0.141. The summed E-state index contributed by atoms with van der Waals surface area (Å²) in [4.78, 5) is 39.4. The maximum Gasteiger partial charge on any atom is 0.250 e. The molecular weight excluding hydrogens is 360 g/mol. The number of carbonyl (C=O) groups excluding carboxylic acids is 3. The summed E-state index contributed by atoms with van der Waals surface area (Å²) >= 11 is 0. The zero-order valence-electron chi connectivity index (χ0n) is 16.1. The second kappa shape index (κ2) is 9.66. The highest BCUT2D eigenvalue weighted by atomic mass is 16.5. The van der Waals surface area contributed by atoms with Crippen molar-refractivity contribution in [3.63, 3.8) is 0 Å². The molecule has 3 rings (SSSR count). The van der Waals surface area contributed by atoms with Gasteiger partial charge in [-0.25, -0.2) is 0 Å².